The van der Waals surface area contributed by atoms with Crippen molar-refractivity contribution < 1.29 is 19.0 Å². The van der Waals surface area contributed by atoms with E-state index in [9.17, 15) is 19.1 Å². The van der Waals surface area contributed by atoms with Gasteiger partial charge >= 0.3 is 5.69 Å². The third kappa shape index (κ3) is 3.60. The first-order valence-corrected chi connectivity index (χ1v) is 8.30. The molecule has 3 heterocycles. The maximum atomic E-state index is 13.4. The van der Waals surface area contributed by atoms with Crippen LogP contribution in [0.5, 0.6) is 0 Å². The molecule has 0 saturated carbocycles. The molecule has 3 atom stereocenters. The number of aromatic nitrogens is 2. The summed E-state index contributed by atoms with van der Waals surface area (Å²) < 4.78 is 26.3. The Morgan fingerprint density at radius 2 is 2.29 bits per heavy atom. The van der Waals surface area contributed by atoms with Crippen molar-refractivity contribution in [2.75, 3.05) is 6.61 Å². The highest BCUT2D eigenvalue weighted by Crippen LogP contribution is 2.31. The van der Waals surface area contributed by atoms with Crippen molar-refractivity contribution in [1.82, 2.24) is 9.55 Å². The second-order valence-corrected chi connectivity index (χ2v) is 7.05. The molecular formula is C14H14ClFN2O5S. The Balaban J connectivity index is 1.73. The van der Waals surface area contributed by atoms with Crippen LogP contribution in [0.25, 0.3) is 0 Å². The van der Waals surface area contributed by atoms with Gasteiger partial charge < -0.3 is 14.6 Å². The van der Waals surface area contributed by atoms with Gasteiger partial charge in [-0.1, -0.05) is 11.6 Å². The molecule has 2 aromatic heterocycles. The van der Waals surface area contributed by atoms with E-state index in [2.05, 4.69) is 0 Å². The summed E-state index contributed by atoms with van der Waals surface area (Å²) >= 11 is 7.23. The summed E-state index contributed by atoms with van der Waals surface area (Å²) in [6.07, 6.45) is -0.953. The predicted octanol–water partition coefficient (Wildman–Crippen LogP) is 1.26. The number of nitrogens with zero attached hydrogens (tertiary/aromatic N) is 1. The molecule has 130 valence electrons. The fourth-order valence-electron chi connectivity index (χ4n) is 2.50. The van der Waals surface area contributed by atoms with Crippen molar-refractivity contribution in [3.63, 3.8) is 0 Å². The second-order valence-electron chi connectivity index (χ2n) is 5.25. The quantitative estimate of drug-likeness (QED) is 0.819. The molecule has 3 rings (SSSR count). The SMILES string of the molecule is O=c1[nH]c(=O)n([C@@H]2CC(OCc3ccc(Cl)s3)[C@H](CO)O2)cc1F. The summed E-state index contributed by atoms with van der Waals surface area (Å²) in [6.45, 7) is -0.0313. The number of nitrogens with one attached hydrogen (secondary N) is 1. The van der Waals surface area contributed by atoms with E-state index in [1.54, 1.807) is 6.07 Å². The van der Waals surface area contributed by atoms with Crippen LogP contribution < -0.4 is 11.2 Å². The number of aliphatic hydroxyl groups excluding tert-OH is 1. The van der Waals surface area contributed by atoms with Crippen molar-refractivity contribution >= 4 is 22.9 Å². The van der Waals surface area contributed by atoms with Gasteiger partial charge in [-0.2, -0.15) is 4.39 Å². The molecule has 2 aromatic rings. The predicted molar refractivity (Wildman–Crippen MR) is 84.8 cm³/mol. The van der Waals surface area contributed by atoms with Gasteiger partial charge in [-0.05, 0) is 12.1 Å². The van der Waals surface area contributed by atoms with Crippen LogP contribution in [0.2, 0.25) is 4.34 Å². The first-order valence-electron chi connectivity index (χ1n) is 7.11. The third-order valence-electron chi connectivity index (χ3n) is 3.66. The highest BCUT2D eigenvalue weighted by Gasteiger charge is 2.37. The summed E-state index contributed by atoms with van der Waals surface area (Å²) in [7, 11) is 0. The van der Waals surface area contributed by atoms with Gasteiger partial charge in [-0.25, -0.2) is 4.79 Å². The van der Waals surface area contributed by atoms with E-state index in [4.69, 9.17) is 21.1 Å². The summed E-state index contributed by atoms with van der Waals surface area (Å²) in [5, 5.41) is 9.43. The van der Waals surface area contributed by atoms with Gasteiger partial charge in [0.15, 0.2) is 0 Å². The van der Waals surface area contributed by atoms with E-state index >= 15 is 0 Å². The maximum Gasteiger partial charge on any atom is 0.330 e. The molecule has 1 fully saturated rings. The number of thiophene rings is 1. The second kappa shape index (κ2) is 7.16. The number of ether oxygens (including phenoxy) is 2. The number of rotatable bonds is 5. The van der Waals surface area contributed by atoms with Gasteiger partial charge in [0.2, 0.25) is 5.82 Å². The van der Waals surface area contributed by atoms with Crippen molar-refractivity contribution in [2.45, 2.75) is 31.5 Å². The number of hydrogen-bond donors (Lipinski definition) is 2. The molecule has 2 N–H and O–H groups in total. The van der Waals surface area contributed by atoms with Crippen LogP contribution >= 0.6 is 22.9 Å². The van der Waals surface area contributed by atoms with Crippen LogP contribution in [0.4, 0.5) is 4.39 Å². The molecule has 1 unspecified atom stereocenters. The summed E-state index contributed by atoms with van der Waals surface area (Å²) in [4.78, 5) is 25.7. The Labute approximate surface area is 144 Å². The Hall–Kier alpha value is -1.52. The first-order chi connectivity index (χ1) is 11.5. The fraction of sp³-hybridized carbons (Fsp3) is 0.429. The molecule has 0 aromatic carbocycles. The zero-order valence-corrected chi connectivity index (χ0v) is 13.8. The van der Waals surface area contributed by atoms with E-state index in [1.165, 1.54) is 11.3 Å². The summed E-state index contributed by atoms with van der Waals surface area (Å²) in [5.41, 5.74) is -1.87. The minimum absolute atomic E-state index is 0.232. The topological polar surface area (TPSA) is 93.6 Å². The fourth-order valence-corrected chi connectivity index (χ4v) is 3.51. The lowest BCUT2D eigenvalue weighted by Crippen LogP contribution is -2.34. The standard InChI is InChI=1S/C14H14ClFN2O5S/c15-11-2-1-7(24-11)6-22-9-3-12(23-10(9)5-19)18-4-8(16)13(20)17-14(18)21/h1-2,4,9-10,12,19H,3,5-6H2,(H,17,20,21)/t9?,10-,12-/m0/s1. The average Bonchev–Trinajstić information content (AvgIpc) is 3.14. The molecular weight excluding hydrogens is 363 g/mol. The van der Waals surface area contributed by atoms with E-state index in [0.29, 0.717) is 4.34 Å². The van der Waals surface area contributed by atoms with Gasteiger partial charge in [-0.15, -0.1) is 11.3 Å². The number of halogens is 2. The number of hydrogen-bond acceptors (Lipinski definition) is 6. The third-order valence-corrected chi connectivity index (χ3v) is 4.87. The minimum atomic E-state index is -1.09. The Bertz CT molecular complexity index is 835. The molecule has 1 aliphatic rings. The Morgan fingerprint density at radius 1 is 1.50 bits per heavy atom. The molecule has 0 radical (unpaired) electrons. The molecule has 10 heteroatoms. The summed E-state index contributed by atoms with van der Waals surface area (Å²) in [5.74, 6) is -1.09. The molecule has 1 aliphatic heterocycles. The van der Waals surface area contributed by atoms with Crippen LogP contribution in [0, 0.1) is 5.82 Å². The van der Waals surface area contributed by atoms with Gasteiger partial charge in [-0.3, -0.25) is 14.3 Å². The van der Waals surface area contributed by atoms with Crippen molar-refractivity contribution in [2.24, 2.45) is 0 Å². The van der Waals surface area contributed by atoms with Crippen molar-refractivity contribution in [3.8, 4) is 0 Å². The number of aromatic amines is 1. The molecule has 0 amide bonds. The average molecular weight is 377 g/mol. The molecule has 0 bridgehead atoms. The largest absolute Gasteiger partial charge is 0.394 e. The van der Waals surface area contributed by atoms with Crippen molar-refractivity contribution in [1.29, 1.82) is 0 Å². The zero-order valence-electron chi connectivity index (χ0n) is 12.3. The molecule has 0 aliphatic carbocycles. The van der Waals surface area contributed by atoms with E-state index in [1.807, 2.05) is 11.1 Å². The van der Waals surface area contributed by atoms with Gasteiger partial charge in [0.1, 0.15) is 12.3 Å². The Morgan fingerprint density at radius 3 is 2.96 bits per heavy atom. The normalized spacial score (nSPS) is 23.7. The lowest BCUT2D eigenvalue weighted by Gasteiger charge is -2.16. The van der Waals surface area contributed by atoms with Crippen molar-refractivity contribution in [3.05, 3.63) is 54.2 Å². The van der Waals surface area contributed by atoms with Gasteiger partial charge in [0.05, 0.1) is 29.9 Å². The summed E-state index contributed by atoms with van der Waals surface area (Å²) in [6, 6.07) is 3.58. The first kappa shape index (κ1) is 17.3. The van der Waals surface area contributed by atoms with E-state index in [-0.39, 0.29) is 19.6 Å². The van der Waals surface area contributed by atoms with E-state index < -0.39 is 35.5 Å². The molecule has 24 heavy (non-hydrogen) atoms. The lowest BCUT2D eigenvalue weighted by atomic mass is 10.2. The molecule has 1 saturated heterocycles. The highest BCUT2D eigenvalue weighted by molar-refractivity contribution is 7.16. The van der Waals surface area contributed by atoms with Crippen LogP contribution in [0.15, 0.2) is 27.9 Å². The minimum Gasteiger partial charge on any atom is -0.394 e. The molecule has 0 spiro atoms. The lowest BCUT2D eigenvalue weighted by molar-refractivity contribution is -0.0656. The van der Waals surface area contributed by atoms with Crippen LogP contribution in [-0.2, 0) is 16.1 Å². The Kier molecular flexibility index (Phi) is 5.16. The van der Waals surface area contributed by atoms with Gasteiger partial charge in [0.25, 0.3) is 5.56 Å². The number of aliphatic hydroxyl groups is 1. The smallest absolute Gasteiger partial charge is 0.330 e. The molecule has 7 nitrogen and oxygen atoms in total. The zero-order chi connectivity index (χ0) is 17.3. The monoisotopic (exact) mass is 376 g/mol. The van der Waals surface area contributed by atoms with Crippen LogP contribution in [0.1, 0.15) is 17.5 Å². The van der Waals surface area contributed by atoms with Gasteiger partial charge in [0, 0.05) is 11.3 Å². The van der Waals surface area contributed by atoms with Crippen LogP contribution in [0.3, 0.4) is 0 Å². The highest BCUT2D eigenvalue weighted by atomic mass is 35.5. The number of H-pyrrole nitrogens is 1. The van der Waals surface area contributed by atoms with E-state index in [0.717, 1.165) is 15.6 Å². The van der Waals surface area contributed by atoms with Crippen LogP contribution in [-0.4, -0.2) is 33.5 Å². The maximum absolute atomic E-state index is 13.4.